The van der Waals surface area contributed by atoms with Crippen LogP contribution in [0.2, 0.25) is 0 Å². The maximum Gasteiger partial charge on any atom is 0.228 e. The Morgan fingerprint density at radius 2 is 2.00 bits per heavy atom. The van der Waals surface area contributed by atoms with Gasteiger partial charge in [0.25, 0.3) is 0 Å². The molecule has 4 heteroatoms. The maximum atomic E-state index is 11.6. The van der Waals surface area contributed by atoms with Gasteiger partial charge in [0.05, 0.1) is 18.1 Å². The molecule has 2 aliphatic rings. The molecule has 0 aromatic carbocycles. The van der Waals surface area contributed by atoms with Gasteiger partial charge in [-0.3, -0.25) is 9.78 Å². The molecule has 1 aromatic heterocycles. The summed E-state index contributed by atoms with van der Waals surface area (Å²) in [6.07, 6.45) is 8.50. The number of carbonyl (C=O) groups is 1. The van der Waals surface area contributed by atoms with Gasteiger partial charge in [-0.05, 0) is 43.6 Å². The Balaban J connectivity index is 1.80. The van der Waals surface area contributed by atoms with Crippen LogP contribution in [0, 0.1) is 11.3 Å². The van der Waals surface area contributed by atoms with Crippen molar-refractivity contribution in [2.45, 2.75) is 46.5 Å². The average molecular weight is 271 g/mol. The monoisotopic (exact) mass is 271 g/mol. The second kappa shape index (κ2) is 4.69. The zero-order valence-corrected chi connectivity index (χ0v) is 12.4. The third-order valence-corrected chi connectivity index (χ3v) is 4.47. The summed E-state index contributed by atoms with van der Waals surface area (Å²) in [5, 5.41) is 2.78. The van der Waals surface area contributed by atoms with Crippen molar-refractivity contribution in [2.75, 3.05) is 5.32 Å². The highest BCUT2D eigenvalue weighted by molar-refractivity contribution is 5.91. The Morgan fingerprint density at radius 1 is 1.25 bits per heavy atom. The molecule has 4 nitrogen and oxygen atoms in total. The second-order valence-corrected chi connectivity index (χ2v) is 6.37. The quantitative estimate of drug-likeness (QED) is 0.916. The number of hydrogen-bond donors (Lipinski definition) is 1. The summed E-state index contributed by atoms with van der Waals surface area (Å²) < 4.78 is 0. The molecule has 106 valence electrons. The third-order valence-electron chi connectivity index (χ3n) is 4.47. The summed E-state index contributed by atoms with van der Waals surface area (Å²) in [5.41, 5.74) is 4.25. The molecular weight excluding hydrogens is 250 g/mol. The average Bonchev–Trinajstić information content (AvgIpc) is 3.11. The fourth-order valence-corrected chi connectivity index (χ4v) is 3.06. The van der Waals surface area contributed by atoms with E-state index in [1.54, 1.807) is 12.4 Å². The molecule has 1 N–H and O–H groups in total. The molecule has 0 radical (unpaired) electrons. The first-order valence-electron chi connectivity index (χ1n) is 7.35. The van der Waals surface area contributed by atoms with Crippen LogP contribution < -0.4 is 5.32 Å². The van der Waals surface area contributed by atoms with Crippen molar-refractivity contribution in [3.8, 4) is 0 Å². The predicted octanol–water partition coefficient (Wildman–Crippen LogP) is 3.42. The minimum atomic E-state index is -0.0500. The predicted molar refractivity (Wildman–Crippen MR) is 79.0 cm³/mol. The molecule has 0 atom stereocenters. The van der Waals surface area contributed by atoms with E-state index in [-0.39, 0.29) is 11.8 Å². The maximum absolute atomic E-state index is 11.6. The summed E-state index contributed by atoms with van der Waals surface area (Å²) in [6.45, 7) is 5.93. The molecule has 1 saturated carbocycles. The number of nitrogens with zero attached hydrogens (tertiary/aromatic N) is 2. The zero-order chi connectivity index (χ0) is 14.3. The molecule has 0 aliphatic heterocycles. The molecular formula is C16H21N3O. The topological polar surface area (TPSA) is 54.9 Å². The summed E-state index contributed by atoms with van der Waals surface area (Å²) in [7, 11) is 0. The lowest BCUT2D eigenvalue weighted by molar-refractivity contribution is -0.118. The Labute approximate surface area is 119 Å². The van der Waals surface area contributed by atoms with E-state index in [0.29, 0.717) is 11.2 Å². The van der Waals surface area contributed by atoms with Crippen LogP contribution in [0.25, 0.3) is 5.57 Å². The highest BCUT2D eigenvalue weighted by atomic mass is 16.1. The van der Waals surface area contributed by atoms with Gasteiger partial charge < -0.3 is 5.32 Å². The Hall–Kier alpha value is -1.71. The zero-order valence-electron chi connectivity index (χ0n) is 12.4. The van der Waals surface area contributed by atoms with Gasteiger partial charge >= 0.3 is 0 Å². The van der Waals surface area contributed by atoms with Crippen molar-refractivity contribution in [1.82, 2.24) is 9.97 Å². The van der Waals surface area contributed by atoms with E-state index in [2.05, 4.69) is 22.2 Å². The fourth-order valence-electron chi connectivity index (χ4n) is 3.06. The summed E-state index contributed by atoms with van der Waals surface area (Å²) in [6, 6.07) is 0. The van der Waals surface area contributed by atoms with Gasteiger partial charge in [0, 0.05) is 5.92 Å². The van der Waals surface area contributed by atoms with E-state index in [1.165, 1.54) is 36.8 Å². The molecule has 1 spiro atoms. The molecule has 0 unspecified atom stereocenters. The van der Waals surface area contributed by atoms with Gasteiger partial charge in [-0.2, -0.15) is 0 Å². The van der Waals surface area contributed by atoms with Crippen LogP contribution in [0.4, 0.5) is 5.82 Å². The van der Waals surface area contributed by atoms with Crippen LogP contribution in [0.3, 0.4) is 0 Å². The molecule has 3 rings (SSSR count). The molecule has 2 aliphatic carbocycles. The van der Waals surface area contributed by atoms with Gasteiger partial charge in [0.1, 0.15) is 0 Å². The van der Waals surface area contributed by atoms with E-state index >= 15 is 0 Å². The van der Waals surface area contributed by atoms with E-state index in [1.807, 2.05) is 13.8 Å². The van der Waals surface area contributed by atoms with Crippen molar-refractivity contribution in [3.63, 3.8) is 0 Å². The van der Waals surface area contributed by atoms with Crippen molar-refractivity contribution in [3.05, 3.63) is 23.7 Å². The highest BCUT2D eigenvalue weighted by Crippen LogP contribution is 2.63. The first kappa shape index (κ1) is 13.3. The molecule has 1 aromatic rings. The van der Waals surface area contributed by atoms with Gasteiger partial charge in [-0.25, -0.2) is 4.98 Å². The van der Waals surface area contributed by atoms with Crippen LogP contribution in [-0.2, 0) is 4.79 Å². The lowest BCUT2D eigenvalue weighted by atomic mass is 9.95. The van der Waals surface area contributed by atoms with Crippen molar-refractivity contribution < 1.29 is 4.79 Å². The molecule has 1 heterocycles. The van der Waals surface area contributed by atoms with Crippen molar-refractivity contribution >= 4 is 17.3 Å². The number of anilines is 1. The van der Waals surface area contributed by atoms with Gasteiger partial charge in [0.15, 0.2) is 5.82 Å². The number of carbonyl (C=O) groups excluding carboxylic acids is 1. The number of nitrogens with one attached hydrogen (secondary N) is 1. The number of allylic oxidation sites excluding steroid dienone is 2. The largest absolute Gasteiger partial charge is 0.309 e. The molecule has 20 heavy (non-hydrogen) atoms. The van der Waals surface area contributed by atoms with Crippen LogP contribution >= 0.6 is 0 Å². The van der Waals surface area contributed by atoms with Crippen LogP contribution in [0.1, 0.15) is 52.1 Å². The summed E-state index contributed by atoms with van der Waals surface area (Å²) in [5.74, 6) is 0.460. The van der Waals surface area contributed by atoms with E-state index in [9.17, 15) is 4.79 Å². The Kier molecular flexibility index (Phi) is 3.11. The standard InChI is InChI=1S/C16H21N3O/c1-10(2)15(20)19-13-9-17-12(8-18-13)14-11(3)4-5-16(14)6-7-16/h8-10H,4-7H2,1-3H3,(H,18,19,20). The van der Waals surface area contributed by atoms with Crippen molar-refractivity contribution in [1.29, 1.82) is 0 Å². The Bertz CT molecular complexity index is 568. The van der Waals surface area contributed by atoms with Gasteiger partial charge in [0.2, 0.25) is 5.91 Å². The molecule has 0 saturated heterocycles. The first-order valence-corrected chi connectivity index (χ1v) is 7.35. The number of hydrogen-bond acceptors (Lipinski definition) is 3. The molecule has 0 bridgehead atoms. The van der Waals surface area contributed by atoms with Crippen LogP contribution in [0.15, 0.2) is 18.0 Å². The normalized spacial score (nSPS) is 19.8. The lowest BCUT2D eigenvalue weighted by Gasteiger charge is -2.13. The minimum absolute atomic E-state index is 0.0259. The highest BCUT2D eigenvalue weighted by Gasteiger charge is 2.50. The number of rotatable bonds is 3. The first-order chi connectivity index (χ1) is 9.52. The smallest absolute Gasteiger partial charge is 0.228 e. The lowest BCUT2D eigenvalue weighted by Crippen LogP contribution is -2.18. The molecule has 1 amide bonds. The SMILES string of the molecule is CC1=C(c2cnc(NC(=O)C(C)C)cn2)C2(CC1)CC2. The second-order valence-electron chi connectivity index (χ2n) is 6.37. The van der Waals surface area contributed by atoms with Gasteiger partial charge in [-0.1, -0.05) is 19.4 Å². The fraction of sp³-hybridized carbons (Fsp3) is 0.562. The molecule has 1 fully saturated rings. The Morgan fingerprint density at radius 3 is 2.55 bits per heavy atom. The number of amides is 1. The minimum Gasteiger partial charge on any atom is -0.309 e. The summed E-state index contributed by atoms with van der Waals surface area (Å²) >= 11 is 0. The van der Waals surface area contributed by atoms with Gasteiger partial charge in [-0.15, -0.1) is 0 Å². The third kappa shape index (κ3) is 2.23. The van der Waals surface area contributed by atoms with E-state index < -0.39 is 0 Å². The van der Waals surface area contributed by atoms with E-state index in [0.717, 1.165) is 5.69 Å². The number of aromatic nitrogens is 2. The van der Waals surface area contributed by atoms with Crippen molar-refractivity contribution in [2.24, 2.45) is 11.3 Å². The van der Waals surface area contributed by atoms with Crippen LogP contribution in [-0.4, -0.2) is 15.9 Å². The summed E-state index contributed by atoms with van der Waals surface area (Å²) in [4.78, 5) is 20.5. The van der Waals surface area contributed by atoms with E-state index in [4.69, 9.17) is 0 Å². The van der Waals surface area contributed by atoms with Crippen LogP contribution in [0.5, 0.6) is 0 Å².